The number of rotatable bonds is 7. The molecule has 1 amide bonds. The molecule has 3 aromatic rings. The number of carbonyl (C=O) groups is 1. The highest BCUT2D eigenvalue weighted by molar-refractivity contribution is 9.10. The first-order valence-corrected chi connectivity index (χ1v) is 11.5. The van der Waals surface area contributed by atoms with Crippen LogP contribution >= 0.6 is 15.9 Å². The Hall–Kier alpha value is -3.27. The van der Waals surface area contributed by atoms with Gasteiger partial charge in [0.15, 0.2) is 11.5 Å². The Kier molecular flexibility index (Phi) is 7.26. The number of hydrogen-bond acceptors (Lipinski definition) is 7. The first kappa shape index (κ1) is 23.9. The van der Waals surface area contributed by atoms with Crippen molar-refractivity contribution in [2.24, 2.45) is 5.84 Å². The Labute approximate surface area is 207 Å². The summed E-state index contributed by atoms with van der Waals surface area (Å²) in [6.45, 7) is 0.0519. The molecule has 0 aromatic heterocycles. The molecular formula is C25H27BrN4O4. The molecule has 8 nitrogen and oxygen atoms in total. The highest BCUT2D eigenvalue weighted by atomic mass is 79.9. The summed E-state index contributed by atoms with van der Waals surface area (Å²) in [6.07, 6.45) is -0.398. The van der Waals surface area contributed by atoms with Gasteiger partial charge >= 0.3 is 0 Å². The molecule has 0 saturated heterocycles. The lowest BCUT2D eigenvalue weighted by atomic mass is 9.91. The van der Waals surface area contributed by atoms with E-state index in [0.717, 1.165) is 26.9 Å². The smallest absolute Gasteiger partial charge is 0.248 e. The molecule has 0 aliphatic carbocycles. The van der Waals surface area contributed by atoms with E-state index in [4.69, 9.17) is 20.1 Å². The quantitative estimate of drug-likeness (QED) is 0.243. The van der Waals surface area contributed by atoms with E-state index in [0.29, 0.717) is 17.2 Å². The zero-order valence-corrected chi connectivity index (χ0v) is 20.8. The van der Waals surface area contributed by atoms with Crippen LogP contribution in [0.25, 0.3) is 0 Å². The van der Waals surface area contributed by atoms with Crippen molar-refractivity contribution in [2.45, 2.75) is 12.2 Å². The molecule has 1 aliphatic heterocycles. The third kappa shape index (κ3) is 4.54. The predicted molar refractivity (Wildman–Crippen MR) is 134 cm³/mol. The van der Waals surface area contributed by atoms with Gasteiger partial charge in [-0.15, -0.1) is 0 Å². The van der Waals surface area contributed by atoms with Crippen molar-refractivity contribution in [1.82, 2.24) is 10.3 Å². The van der Waals surface area contributed by atoms with Crippen molar-refractivity contribution >= 4 is 27.5 Å². The van der Waals surface area contributed by atoms with Crippen molar-refractivity contribution in [3.63, 3.8) is 0 Å². The number of nitrogens with zero attached hydrogens (tertiary/aromatic N) is 1. The number of benzene rings is 3. The average molecular weight is 527 g/mol. The molecule has 0 fully saturated rings. The summed E-state index contributed by atoms with van der Waals surface area (Å²) in [5.74, 6) is 6.74. The molecule has 0 bridgehead atoms. The molecule has 4 N–H and O–H groups in total. The number of halogens is 1. The molecule has 0 saturated carbocycles. The van der Waals surface area contributed by atoms with E-state index < -0.39 is 6.17 Å². The first-order valence-electron chi connectivity index (χ1n) is 10.7. The zero-order chi connectivity index (χ0) is 24.2. The van der Waals surface area contributed by atoms with Crippen LogP contribution in [0.15, 0.2) is 65.1 Å². The summed E-state index contributed by atoms with van der Waals surface area (Å²) in [4.78, 5) is 14.6. The molecule has 2 atom stereocenters. The number of nitrogens with one attached hydrogen (secondary N) is 2. The molecule has 0 radical (unpaired) electrons. The van der Waals surface area contributed by atoms with Gasteiger partial charge in [0.25, 0.3) is 0 Å². The summed E-state index contributed by atoms with van der Waals surface area (Å²) >= 11 is 3.60. The van der Waals surface area contributed by atoms with E-state index in [1.165, 1.54) is 0 Å². The van der Waals surface area contributed by atoms with Gasteiger partial charge in [-0.05, 0) is 47.0 Å². The van der Waals surface area contributed by atoms with Crippen LogP contribution in [-0.2, 0) is 4.79 Å². The normalized spacial score (nSPS) is 17.3. The molecule has 1 aliphatic rings. The van der Waals surface area contributed by atoms with Gasteiger partial charge in [0.05, 0.1) is 33.9 Å². The second-order valence-corrected chi connectivity index (χ2v) is 8.71. The molecule has 178 valence electrons. The van der Waals surface area contributed by atoms with Crippen molar-refractivity contribution < 1.29 is 19.0 Å². The van der Waals surface area contributed by atoms with Gasteiger partial charge in [-0.2, -0.15) is 0 Å². The fourth-order valence-electron chi connectivity index (χ4n) is 4.38. The Balaban J connectivity index is 1.93. The SMILES string of the molecule is COc1cc(C2Nc3ccc(Br)cc3C(c3ccccc3)N2CC(=O)NN)cc(OC)c1OC. The second kappa shape index (κ2) is 10.3. The van der Waals surface area contributed by atoms with Crippen molar-refractivity contribution in [1.29, 1.82) is 0 Å². The van der Waals surface area contributed by atoms with Crippen LogP contribution in [0.1, 0.15) is 28.9 Å². The molecule has 1 heterocycles. The number of anilines is 1. The maximum atomic E-state index is 12.6. The molecule has 9 heteroatoms. The monoisotopic (exact) mass is 526 g/mol. The van der Waals surface area contributed by atoms with Gasteiger partial charge in [-0.1, -0.05) is 46.3 Å². The molecule has 34 heavy (non-hydrogen) atoms. The molecule has 0 spiro atoms. The minimum Gasteiger partial charge on any atom is -0.493 e. The number of nitrogens with two attached hydrogens (primary N) is 1. The van der Waals surface area contributed by atoms with Crippen molar-refractivity contribution in [3.05, 3.63) is 81.8 Å². The fraction of sp³-hybridized carbons (Fsp3) is 0.240. The standard InChI is InChI=1S/C25H27BrN4O4/c1-32-20-11-16(12-21(33-2)24(20)34-3)25-28-19-10-9-17(26)13-18(19)23(15-7-5-4-6-8-15)30(25)14-22(31)29-27/h4-13,23,25,28H,14,27H2,1-3H3,(H,29,31). The summed E-state index contributed by atoms with van der Waals surface area (Å²) in [5, 5.41) is 3.59. The van der Waals surface area contributed by atoms with Gasteiger partial charge in [-0.3, -0.25) is 15.1 Å². The largest absolute Gasteiger partial charge is 0.493 e. The van der Waals surface area contributed by atoms with Crippen LogP contribution in [-0.4, -0.2) is 38.7 Å². The molecular weight excluding hydrogens is 500 g/mol. The third-order valence-electron chi connectivity index (χ3n) is 5.87. The van der Waals surface area contributed by atoms with Crippen molar-refractivity contribution in [3.8, 4) is 17.2 Å². The Bertz CT molecular complexity index is 1150. The number of amides is 1. The van der Waals surface area contributed by atoms with Crippen LogP contribution in [0, 0.1) is 0 Å². The molecule has 2 unspecified atom stereocenters. The number of methoxy groups -OCH3 is 3. The first-order chi connectivity index (χ1) is 16.5. The van der Waals surface area contributed by atoms with Crippen LogP contribution < -0.4 is 30.8 Å². The molecule has 4 rings (SSSR count). The maximum Gasteiger partial charge on any atom is 0.248 e. The van der Waals surface area contributed by atoms with E-state index in [9.17, 15) is 4.79 Å². The number of ether oxygens (including phenoxy) is 3. The van der Waals surface area contributed by atoms with Gasteiger partial charge < -0.3 is 19.5 Å². The van der Waals surface area contributed by atoms with Gasteiger partial charge in [0, 0.05) is 10.2 Å². The average Bonchev–Trinajstić information content (AvgIpc) is 2.87. The lowest BCUT2D eigenvalue weighted by Gasteiger charge is -2.44. The number of carbonyl (C=O) groups excluding carboxylic acids is 1. The van der Waals surface area contributed by atoms with Gasteiger partial charge in [0.2, 0.25) is 11.7 Å². The van der Waals surface area contributed by atoms with Crippen molar-refractivity contribution in [2.75, 3.05) is 33.2 Å². The van der Waals surface area contributed by atoms with Gasteiger partial charge in [0.1, 0.15) is 6.17 Å². The molecule has 3 aromatic carbocycles. The van der Waals surface area contributed by atoms with Gasteiger partial charge in [-0.25, -0.2) is 5.84 Å². The van der Waals surface area contributed by atoms with Crippen LogP contribution in [0.5, 0.6) is 17.2 Å². The van der Waals surface area contributed by atoms with Crippen LogP contribution in [0.4, 0.5) is 5.69 Å². The number of hydrogen-bond donors (Lipinski definition) is 3. The number of hydrazine groups is 1. The lowest BCUT2D eigenvalue weighted by molar-refractivity contribution is -0.123. The maximum absolute atomic E-state index is 12.6. The van der Waals surface area contributed by atoms with E-state index in [-0.39, 0.29) is 18.5 Å². The second-order valence-electron chi connectivity index (χ2n) is 7.79. The Morgan fingerprint density at radius 2 is 1.68 bits per heavy atom. The van der Waals surface area contributed by atoms with E-state index in [2.05, 4.69) is 49.8 Å². The highest BCUT2D eigenvalue weighted by Crippen LogP contribution is 2.47. The summed E-state index contributed by atoms with van der Waals surface area (Å²) in [7, 11) is 4.72. The van der Waals surface area contributed by atoms with E-state index in [1.54, 1.807) is 21.3 Å². The topological polar surface area (TPSA) is 98.1 Å². The fourth-order valence-corrected chi connectivity index (χ4v) is 4.76. The Morgan fingerprint density at radius 3 is 2.26 bits per heavy atom. The van der Waals surface area contributed by atoms with Crippen LogP contribution in [0.3, 0.4) is 0 Å². The number of fused-ring (bicyclic) bond motifs is 1. The predicted octanol–water partition coefficient (Wildman–Crippen LogP) is 3.98. The van der Waals surface area contributed by atoms with Crippen LogP contribution in [0.2, 0.25) is 0 Å². The minimum atomic E-state index is -0.398. The van der Waals surface area contributed by atoms with E-state index in [1.807, 2.05) is 42.5 Å². The summed E-state index contributed by atoms with van der Waals surface area (Å²) < 4.78 is 17.6. The minimum absolute atomic E-state index is 0.0519. The lowest BCUT2D eigenvalue weighted by Crippen LogP contribution is -2.47. The van der Waals surface area contributed by atoms with E-state index >= 15 is 0 Å². The Morgan fingerprint density at radius 1 is 1.00 bits per heavy atom. The highest BCUT2D eigenvalue weighted by Gasteiger charge is 2.38. The zero-order valence-electron chi connectivity index (χ0n) is 19.2. The third-order valence-corrected chi connectivity index (χ3v) is 6.36. The summed E-state index contributed by atoms with van der Waals surface area (Å²) in [5.41, 5.74) is 6.15. The summed E-state index contributed by atoms with van der Waals surface area (Å²) in [6, 6.07) is 19.7.